The maximum absolute atomic E-state index is 6.02. The summed E-state index contributed by atoms with van der Waals surface area (Å²) in [7, 11) is 0. The quantitative estimate of drug-likeness (QED) is 0.724. The standard InChI is InChI=1S/C8H11ClN2S/c9-6-1-4-12-8(6)7-5-10-2-3-11-7/h1,4,7,10-11H,2-3,5H2/t7-/m0/s1. The van der Waals surface area contributed by atoms with Crippen LogP contribution in [0.1, 0.15) is 10.9 Å². The van der Waals surface area contributed by atoms with Crippen molar-refractivity contribution >= 4 is 22.9 Å². The van der Waals surface area contributed by atoms with Crippen molar-refractivity contribution in [3.05, 3.63) is 21.3 Å². The van der Waals surface area contributed by atoms with Gasteiger partial charge in [0.25, 0.3) is 0 Å². The fourth-order valence-electron chi connectivity index (χ4n) is 1.39. The highest BCUT2D eigenvalue weighted by Crippen LogP contribution is 2.28. The summed E-state index contributed by atoms with van der Waals surface area (Å²) in [6.07, 6.45) is 0. The lowest BCUT2D eigenvalue weighted by atomic mass is 10.2. The summed E-state index contributed by atoms with van der Waals surface area (Å²) in [5.74, 6) is 0. The Morgan fingerprint density at radius 3 is 3.00 bits per heavy atom. The number of nitrogens with one attached hydrogen (secondary N) is 2. The first-order valence-corrected chi connectivity index (χ1v) is 5.30. The van der Waals surface area contributed by atoms with Crippen LogP contribution >= 0.6 is 22.9 Å². The summed E-state index contributed by atoms with van der Waals surface area (Å²) in [5, 5.41) is 9.69. The van der Waals surface area contributed by atoms with Gasteiger partial charge in [0.2, 0.25) is 0 Å². The van der Waals surface area contributed by atoms with E-state index in [1.54, 1.807) is 11.3 Å². The van der Waals surface area contributed by atoms with Crippen molar-refractivity contribution in [1.29, 1.82) is 0 Å². The molecule has 0 spiro atoms. The van der Waals surface area contributed by atoms with Gasteiger partial charge < -0.3 is 10.6 Å². The lowest BCUT2D eigenvalue weighted by molar-refractivity contribution is 0.435. The third kappa shape index (κ3) is 1.64. The summed E-state index contributed by atoms with van der Waals surface area (Å²) < 4.78 is 0. The van der Waals surface area contributed by atoms with Gasteiger partial charge >= 0.3 is 0 Å². The number of hydrogen-bond acceptors (Lipinski definition) is 3. The van der Waals surface area contributed by atoms with Crippen LogP contribution in [0.2, 0.25) is 5.02 Å². The van der Waals surface area contributed by atoms with E-state index in [1.807, 2.05) is 11.4 Å². The highest BCUT2D eigenvalue weighted by Gasteiger charge is 2.17. The zero-order chi connectivity index (χ0) is 8.39. The van der Waals surface area contributed by atoms with Crippen molar-refractivity contribution in [2.75, 3.05) is 19.6 Å². The Labute approximate surface area is 80.9 Å². The van der Waals surface area contributed by atoms with E-state index in [-0.39, 0.29) is 0 Å². The first-order valence-electron chi connectivity index (χ1n) is 4.05. The number of halogens is 1. The third-order valence-electron chi connectivity index (χ3n) is 2.00. The topological polar surface area (TPSA) is 24.1 Å². The molecular formula is C8H11ClN2S. The van der Waals surface area contributed by atoms with Gasteiger partial charge in [-0.3, -0.25) is 0 Å². The molecule has 2 nitrogen and oxygen atoms in total. The minimum Gasteiger partial charge on any atom is -0.314 e. The molecule has 12 heavy (non-hydrogen) atoms. The molecule has 2 rings (SSSR count). The highest BCUT2D eigenvalue weighted by atomic mass is 35.5. The lowest BCUT2D eigenvalue weighted by Gasteiger charge is -2.23. The van der Waals surface area contributed by atoms with E-state index in [1.165, 1.54) is 4.88 Å². The Bertz CT molecular complexity index is 255. The van der Waals surface area contributed by atoms with Crippen molar-refractivity contribution < 1.29 is 0 Å². The molecule has 1 atom stereocenters. The Hall–Kier alpha value is -0.0900. The van der Waals surface area contributed by atoms with E-state index in [4.69, 9.17) is 11.6 Å². The largest absolute Gasteiger partial charge is 0.314 e. The van der Waals surface area contributed by atoms with E-state index in [0.717, 1.165) is 24.7 Å². The number of thiophene rings is 1. The van der Waals surface area contributed by atoms with Crippen LogP contribution in [-0.2, 0) is 0 Å². The van der Waals surface area contributed by atoms with E-state index in [0.29, 0.717) is 6.04 Å². The minimum absolute atomic E-state index is 0.409. The third-order valence-corrected chi connectivity index (χ3v) is 3.47. The summed E-state index contributed by atoms with van der Waals surface area (Å²) in [4.78, 5) is 1.25. The molecule has 2 N–H and O–H groups in total. The summed E-state index contributed by atoms with van der Waals surface area (Å²) in [6.45, 7) is 3.07. The molecule has 0 unspecified atom stereocenters. The second-order valence-corrected chi connectivity index (χ2v) is 4.20. The van der Waals surface area contributed by atoms with E-state index >= 15 is 0 Å². The monoisotopic (exact) mass is 202 g/mol. The van der Waals surface area contributed by atoms with Gasteiger partial charge in [-0.1, -0.05) is 11.6 Å². The minimum atomic E-state index is 0.409. The fourth-order valence-corrected chi connectivity index (χ4v) is 2.66. The van der Waals surface area contributed by atoms with E-state index < -0.39 is 0 Å². The Kier molecular flexibility index (Phi) is 2.66. The van der Waals surface area contributed by atoms with Crippen molar-refractivity contribution in [2.45, 2.75) is 6.04 Å². The molecule has 1 saturated heterocycles. The number of rotatable bonds is 1. The number of hydrogen-bond donors (Lipinski definition) is 2. The van der Waals surface area contributed by atoms with Gasteiger partial charge in [0, 0.05) is 24.5 Å². The maximum Gasteiger partial charge on any atom is 0.0561 e. The zero-order valence-electron chi connectivity index (χ0n) is 6.64. The Morgan fingerprint density at radius 2 is 2.42 bits per heavy atom. The van der Waals surface area contributed by atoms with Crippen LogP contribution in [0.4, 0.5) is 0 Å². The van der Waals surface area contributed by atoms with Crippen LogP contribution in [0.15, 0.2) is 11.4 Å². The molecule has 4 heteroatoms. The van der Waals surface area contributed by atoms with Crippen LogP contribution < -0.4 is 10.6 Å². The smallest absolute Gasteiger partial charge is 0.0561 e. The van der Waals surface area contributed by atoms with Gasteiger partial charge in [-0.25, -0.2) is 0 Å². The summed E-state index contributed by atoms with van der Waals surface area (Å²) in [5.41, 5.74) is 0. The molecule has 0 aliphatic carbocycles. The van der Waals surface area contributed by atoms with Crippen LogP contribution in [0, 0.1) is 0 Å². The molecule has 2 heterocycles. The van der Waals surface area contributed by atoms with Crippen molar-refractivity contribution in [2.24, 2.45) is 0 Å². The van der Waals surface area contributed by atoms with Crippen molar-refractivity contribution in [1.82, 2.24) is 10.6 Å². The van der Waals surface area contributed by atoms with Crippen LogP contribution in [-0.4, -0.2) is 19.6 Å². The maximum atomic E-state index is 6.02. The lowest BCUT2D eigenvalue weighted by Crippen LogP contribution is -2.42. The van der Waals surface area contributed by atoms with E-state index in [9.17, 15) is 0 Å². The van der Waals surface area contributed by atoms with Gasteiger partial charge in [0.05, 0.1) is 11.1 Å². The first kappa shape index (κ1) is 8.51. The van der Waals surface area contributed by atoms with Gasteiger partial charge in [-0.2, -0.15) is 0 Å². The molecule has 0 aromatic carbocycles. The molecule has 1 fully saturated rings. The first-order chi connectivity index (χ1) is 5.88. The number of piperazine rings is 1. The molecular weight excluding hydrogens is 192 g/mol. The molecule has 0 bridgehead atoms. The van der Waals surface area contributed by atoms with Gasteiger partial charge in [0.15, 0.2) is 0 Å². The second kappa shape index (κ2) is 3.75. The predicted octanol–water partition coefficient (Wildman–Crippen LogP) is 1.64. The van der Waals surface area contributed by atoms with E-state index in [2.05, 4.69) is 10.6 Å². The summed E-state index contributed by atoms with van der Waals surface area (Å²) >= 11 is 7.74. The van der Waals surface area contributed by atoms with Gasteiger partial charge in [-0.15, -0.1) is 11.3 Å². The van der Waals surface area contributed by atoms with Crippen molar-refractivity contribution in [3.63, 3.8) is 0 Å². The molecule has 1 aliphatic heterocycles. The van der Waals surface area contributed by atoms with Gasteiger partial charge in [0.1, 0.15) is 0 Å². The van der Waals surface area contributed by atoms with Crippen molar-refractivity contribution in [3.8, 4) is 0 Å². The predicted molar refractivity (Wildman–Crippen MR) is 52.9 cm³/mol. The normalized spacial score (nSPS) is 24.2. The highest BCUT2D eigenvalue weighted by molar-refractivity contribution is 7.10. The average Bonchev–Trinajstić information content (AvgIpc) is 2.53. The summed E-state index contributed by atoms with van der Waals surface area (Å²) in [6, 6.07) is 2.36. The average molecular weight is 203 g/mol. The molecule has 1 aromatic heterocycles. The molecule has 0 radical (unpaired) electrons. The van der Waals surface area contributed by atoms with Crippen LogP contribution in [0.3, 0.4) is 0 Å². The fraction of sp³-hybridized carbons (Fsp3) is 0.500. The molecule has 1 aliphatic rings. The molecule has 66 valence electrons. The SMILES string of the molecule is Clc1ccsc1[C@@H]1CNCCN1. The second-order valence-electron chi connectivity index (χ2n) is 2.84. The van der Waals surface area contributed by atoms with Gasteiger partial charge in [-0.05, 0) is 11.4 Å². The molecule has 0 amide bonds. The van der Waals surface area contributed by atoms with Crippen LogP contribution in [0.5, 0.6) is 0 Å². The van der Waals surface area contributed by atoms with Crippen LogP contribution in [0.25, 0.3) is 0 Å². The molecule has 1 aromatic rings. The Balaban J connectivity index is 2.13. The Morgan fingerprint density at radius 1 is 1.50 bits per heavy atom. The molecule has 0 saturated carbocycles. The zero-order valence-corrected chi connectivity index (χ0v) is 8.21.